The van der Waals surface area contributed by atoms with Crippen molar-refractivity contribution in [3.8, 4) is 5.75 Å². The van der Waals surface area contributed by atoms with Crippen molar-refractivity contribution in [2.75, 3.05) is 32.2 Å². The summed E-state index contributed by atoms with van der Waals surface area (Å²) < 4.78 is 10.7. The smallest absolute Gasteiger partial charge is 0.255 e. The van der Waals surface area contributed by atoms with Crippen LogP contribution in [0.5, 0.6) is 5.75 Å². The zero-order valence-corrected chi connectivity index (χ0v) is 16.3. The van der Waals surface area contributed by atoms with Crippen LogP contribution in [0.2, 0.25) is 0 Å². The average molecular weight is 382 g/mol. The summed E-state index contributed by atoms with van der Waals surface area (Å²) in [5.41, 5.74) is 3.26. The zero-order valence-electron chi connectivity index (χ0n) is 16.3. The maximum Gasteiger partial charge on any atom is 0.255 e. The van der Waals surface area contributed by atoms with Crippen molar-refractivity contribution < 1.29 is 19.1 Å². The standard InChI is InChI=1S/C22H26N2O4/c1-15-5-3-6-16(11-15)22(26)24-19-7-8-20-17(13-19)12-18(14-28-20)21(25)23-9-4-10-27-2/h3,5-8,11,13,18H,4,9-10,12,14H2,1-2H3,(H,23,25)(H,24,26). The van der Waals surface area contributed by atoms with Crippen molar-refractivity contribution in [1.82, 2.24) is 5.32 Å². The van der Waals surface area contributed by atoms with E-state index in [1.165, 1.54) is 0 Å². The van der Waals surface area contributed by atoms with Gasteiger partial charge in [-0.05, 0) is 55.7 Å². The topological polar surface area (TPSA) is 76.7 Å². The van der Waals surface area contributed by atoms with Gasteiger partial charge in [-0.25, -0.2) is 0 Å². The molecule has 0 aliphatic carbocycles. The summed E-state index contributed by atoms with van der Waals surface area (Å²) in [6.45, 7) is 3.52. The quantitative estimate of drug-likeness (QED) is 0.722. The van der Waals surface area contributed by atoms with Crippen LogP contribution < -0.4 is 15.4 Å². The van der Waals surface area contributed by atoms with Crippen molar-refractivity contribution in [2.24, 2.45) is 5.92 Å². The van der Waals surface area contributed by atoms with Crippen LogP contribution in [0.1, 0.15) is 27.9 Å². The summed E-state index contributed by atoms with van der Waals surface area (Å²) in [5.74, 6) is 0.346. The number of carbonyl (C=O) groups is 2. The third-order valence-electron chi connectivity index (χ3n) is 4.70. The van der Waals surface area contributed by atoms with E-state index in [4.69, 9.17) is 9.47 Å². The Bertz CT molecular complexity index is 850. The van der Waals surface area contributed by atoms with Crippen molar-refractivity contribution in [2.45, 2.75) is 19.8 Å². The molecule has 148 valence electrons. The minimum atomic E-state index is -0.238. The highest BCUT2D eigenvalue weighted by atomic mass is 16.5. The molecule has 3 rings (SSSR count). The van der Waals surface area contributed by atoms with Gasteiger partial charge in [0.2, 0.25) is 5.91 Å². The number of fused-ring (bicyclic) bond motifs is 1. The molecule has 28 heavy (non-hydrogen) atoms. The molecule has 0 fully saturated rings. The fourth-order valence-corrected chi connectivity index (χ4v) is 3.20. The van der Waals surface area contributed by atoms with Crippen LogP contribution in [-0.4, -0.2) is 38.7 Å². The van der Waals surface area contributed by atoms with Crippen molar-refractivity contribution in [3.63, 3.8) is 0 Å². The lowest BCUT2D eigenvalue weighted by Crippen LogP contribution is -2.38. The van der Waals surface area contributed by atoms with E-state index in [2.05, 4.69) is 10.6 Å². The van der Waals surface area contributed by atoms with Gasteiger partial charge in [0.1, 0.15) is 12.4 Å². The van der Waals surface area contributed by atoms with Gasteiger partial charge in [0, 0.05) is 31.5 Å². The lowest BCUT2D eigenvalue weighted by atomic mass is 9.95. The summed E-state index contributed by atoms with van der Waals surface area (Å²) in [6, 6.07) is 13.0. The van der Waals surface area contributed by atoms with Crippen molar-refractivity contribution in [1.29, 1.82) is 0 Å². The fraction of sp³-hybridized carbons (Fsp3) is 0.364. The van der Waals surface area contributed by atoms with Crippen LogP contribution in [0.4, 0.5) is 5.69 Å². The second kappa shape index (κ2) is 9.37. The van der Waals surface area contributed by atoms with Gasteiger partial charge >= 0.3 is 0 Å². The number of anilines is 1. The van der Waals surface area contributed by atoms with Gasteiger partial charge in [0.25, 0.3) is 5.91 Å². The first-order valence-electron chi connectivity index (χ1n) is 9.47. The molecule has 2 N–H and O–H groups in total. The van der Waals surface area contributed by atoms with E-state index >= 15 is 0 Å². The van der Waals surface area contributed by atoms with Gasteiger partial charge < -0.3 is 20.1 Å². The summed E-state index contributed by atoms with van der Waals surface area (Å²) >= 11 is 0. The minimum absolute atomic E-state index is 0.0176. The molecule has 1 aliphatic rings. The average Bonchev–Trinajstić information content (AvgIpc) is 2.70. The number of rotatable bonds is 7. The Balaban J connectivity index is 1.63. The number of ether oxygens (including phenoxy) is 2. The highest BCUT2D eigenvalue weighted by Gasteiger charge is 2.26. The van der Waals surface area contributed by atoms with Gasteiger partial charge in [0.05, 0.1) is 5.92 Å². The molecule has 1 heterocycles. The third-order valence-corrected chi connectivity index (χ3v) is 4.70. The predicted octanol–water partition coefficient (Wildman–Crippen LogP) is 2.95. The molecule has 1 aliphatic heterocycles. The number of nitrogens with one attached hydrogen (secondary N) is 2. The normalized spacial score (nSPS) is 15.3. The molecule has 0 spiro atoms. The number of aryl methyl sites for hydroxylation is 1. The molecule has 0 saturated heterocycles. The lowest BCUT2D eigenvalue weighted by molar-refractivity contribution is -0.126. The van der Waals surface area contributed by atoms with Crippen LogP contribution in [-0.2, 0) is 16.0 Å². The van der Waals surface area contributed by atoms with Crippen molar-refractivity contribution >= 4 is 17.5 Å². The van der Waals surface area contributed by atoms with Crippen LogP contribution in [0.15, 0.2) is 42.5 Å². The molecule has 0 bridgehead atoms. The van der Waals surface area contributed by atoms with Gasteiger partial charge in [-0.15, -0.1) is 0 Å². The van der Waals surface area contributed by atoms with Crippen molar-refractivity contribution in [3.05, 3.63) is 59.2 Å². The van der Waals surface area contributed by atoms with Gasteiger partial charge in [0.15, 0.2) is 0 Å². The molecule has 6 nitrogen and oxygen atoms in total. The number of methoxy groups -OCH3 is 1. The van der Waals surface area contributed by atoms with E-state index < -0.39 is 0 Å². The fourth-order valence-electron chi connectivity index (χ4n) is 3.20. The first kappa shape index (κ1) is 19.9. The van der Waals surface area contributed by atoms with Gasteiger partial charge in [-0.3, -0.25) is 9.59 Å². The van der Waals surface area contributed by atoms with Crippen LogP contribution in [0, 0.1) is 12.8 Å². The van der Waals surface area contributed by atoms with E-state index in [9.17, 15) is 9.59 Å². The molecule has 0 radical (unpaired) electrons. The second-order valence-electron chi connectivity index (χ2n) is 7.00. The number of carbonyl (C=O) groups excluding carboxylic acids is 2. The molecule has 2 aromatic carbocycles. The number of hydrogen-bond acceptors (Lipinski definition) is 4. The van der Waals surface area contributed by atoms with E-state index in [0.717, 1.165) is 23.3 Å². The maximum atomic E-state index is 12.5. The summed E-state index contributed by atoms with van der Waals surface area (Å²) in [6.07, 6.45) is 1.36. The number of amides is 2. The Morgan fingerprint density at radius 1 is 1.21 bits per heavy atom. The molecule has 0 saturated carbocycles. The molecule has 0 aromatic heterocycles. The largest absolute Gasteiger partial charge is 0.492 e. The number of benzene rings is 2. The van der Waals surface area contributed by atoms with E-state index in [0.29, 0.717) is 37.4 Å². The van der Waals surface area contributed by atoms with Gasteiger partial charge in [-0.2, -0.15) is 0 Å². The van der Waals surface area contributed by atoms with Crippen LogP contribution >= 0.6 is 0 Å². The maximum absolute atomic E-state index is 12.5. The highest BCUT2D eigenvalue weighted by Crippen LogP contribution is 2.30. The minimum Gasteiger partial charge on any atom is -0.492 e. The van der Waals surface area contributed by atoms with E-state index in [-0.39, 0.29) is 17.7 Å². The van der Waals surface area contributed by atoms with Crippen LogP contribution in [0.25, 0.3) is 0 Å². The summed E-state index contributed by atoms with van der Waals surface area (Å²) in [4.78, 5) is 24.8. The first-order valence-corrected chi connectivity index (χ1v) is 9.47. The Kier molecular flexibility index (Phi) is 6.66. The summed E-state index contributed by atoms with van der Waals surface area (Å²) in [7, 11) is 1.64. The molecule has 2 aromatic rings. The third kappa shape index (κ3) is 5.10. The Morgan fingerprint density at radius 3 is 2.86 bits per heavy atom. The molecular formula is C22H26N2O4. The lowest BCUT2D eigenvalue weighted by Gasteiger charge is -2.25. The Labute approximate surface area is 165 Å². The zero-order chi connectivity index (χ0) is 19.9. The summed E-state index contributed by atoms with van der Waals surface area (Å²) in [5, 5.41) is 5.84. The second-order valence-corrected chi connectivity index (χ2v) is 7.00. The molecular weight excluding hydrogens is 356 g/mol. The molecule has 2 amide bonds. The van der Waals surface area contributed by atoms with E-state index in [1.54, 1.807) is 13.2 Å². The molecule has 1 atom stereocenters. The van der Waals surface area contributed by atoms with Gasteiger partial charge in [-0.1, -0.05) is 17.7 Å². The highest BCUT2D eigenvalue weighted by molar-refractivity contribution is 6.04. The Hall–Kier alpha value is -2.86. The Morgan fingerprint density at radius 2 is 2.07 bits per heavy atom. The van der Waals surface area contributed by atoms with Crippen LogP contribution in [0.3, 0.4) is 0 Å². The first-order chi connectivity index (χ1) is 13.6. The monoisotopic (exact) mass is 382 g/mol. The molecule has 1 unspecified atom stereocenters. The van der Waals surface area contributed by atoms with E-state index in [1.807, 2.05) is 43.3 Å². The number of hydrogen-bond donors (Lipinski definition) is 2. The predicted molar refractivity (Wildman–Crippen MR) is 108 cm³/mol. The molecule has 6 heteroatoms. The SMILES string of the molecule is COCCCNC(=O)C1COc2ccc(NC(=O)c3cccc(C)c3)cc2C1.